The summed E-state index contributed by atoms with van der Waals surface area (Å²) in [6.45, 7) is 0. The fourth-order valence-electron chi connectivity index (χ4n) is 3.07. The summed E-state index contributed by atoms with van der Waals surface area (Å²) in [6.07, 6.45) is 1.22. The average molecular weight is 523 g/mol. The van der Waals surface area contributed by atoms with Crippen LogP contribution in [0.3, 0.4) is 0 Å². The summed E-state index contributed by atoms with van der Waals surface area (Å²) in [6, 6.07) is 11.6. The van der Waals surface area contributed by atoms with E-state index in [0.29, 0.717) is 0 Å². The lowest BCUT2D eigenvalue weighted by Crippen LogP contribution is -2.54. The number of nitro groups is 1. The molecule has 1 aliphatic rings. The molecule has 0 unspecified atom stereocenters. The molecule has 3 aromatic rings. The first kappa shape index (κ1) is 22.9. The van der Waals surface area contributed by atoms with Crippen molar-refractivity contribution in [1.29, 1.82) is 0 Å². The van der Waals surface area contributed by atoms with Gasteiger partial charge in [0.05, 0.1) is 25.7 Å². The highest BCUT2D eigenvalue weighted by Gasteiger charge is 2.36. The van der Waals surface area contributed by atoms with E-state index in [0.717, 1.165) is 4.90 Å². The number of hydrogen-bond donors (Lipinski definition) is 1. The number of carbonyl (C=O) groups is 2. The smallest absolute Gasteiger partial charge is 0.270 e. The molecule has 0 saturated carbocycles. The second-order valence-electron chi connectivity index (χ2n) is 6.65. The molecule has 0 atom stereocenters. The van der Waals surface area contributed by atoms with Gasteiger partial charge in [-0.25, -0.2) is 0 Å². The van der Waals surface area contributed by atoms with Gasteiger partial charge in [-0.1, -0.05) is 40.9 Å². The number of nitro benzene ring substituents is 1. The number of carbonyl (C=O) groups excluding carboxylic acids is 2. The molecule has 33 heavy (non-hydrogen) atoms. The SMILES string of the molecule is O=C1NC(=S)N(c2cccc(Cl)c2Cl)C(=O)/C1=C/c1ccc(-c2cc([N+](=O)[O-])ccc2Cl)o1. The number of halogens is 3. The molecule has 1 saturated heterocycles. The van der Waals surface area contributed by atoms with E-state index >= 15 is 0 Å². The molecular weight excluding hydrogens is 513 g/mol. The first-order chi connectivity index (χ1) is 15.7. The van der Waals surface area contributed by atoms with Crippen LogP contribution in [0.15, 0.2) is 58.5 Å². The molecule has 1 aromatic heterocycles. The third kappa shape index (κ3) is 4.36. The van der Waals surface area contributed by atoms with E-state index in [1.165, 1.54) is 42.5 Å². The molecule has 1 fully saturated rings. The van der Waals surface area contributed by atoms with E-state index in [9.17, 15) is 19.7 Å². The Hall–Kier alpha value is -3.24. The Labute approximate surface area is 206 Å². The van der Waals surface area contributed by atoms with E-state index in [2.05, 4.69) is 5.32 Å². The molecule has 1 aliphatic heterocycles. The van der Waals surface area contributed by atoms with Gasteiger partial charge in [-0.05, 0) is 48.6 Å². The summed E-state index contributed by atoms with van der Waals surface area (Å²) in [7, 11) is 0. The molecule has 0 bridgehead atoms. The molecule has 8 nitrogen and oxygen atoms in total. The van der Waals surface area contributed by atoms with Gasteiger partial charge in [-0.2, -0.15) is 0 Å². The maximum atomic E-state index is 13.1. The quantitative estimate of drug-likeness (QED) is 0.156. The third-order valence-electron chi connectivity index (χ3n) is 4.61. The average Bonchev–Trinajstić information content (AvgIpc) is 3.22. The molecular formula is C21H10Cl3N3O5S. The van der Waals surface area contributed by atoms with Gasteiger partial charge in [0.25, 0.3) is 17.5 Å². The summed E-state index contributed by atoms with van der Waals surface area (Å²) < 4.78 is 5.68. The minimum absolute atomic E-state index is 0.0889. The van der Waals surface area contributed by atoms with Crippen LogP contribution in [0.4, 0.5) is 11.4 Å². The molecule has 0 spiro atoms. The van der Waals surface area contributed by atoms with Crippen LogP contribution in [0.2, 0.25) is 15.1 Å². The highest BCUT2D eigenvalue weighted by atomic mass is 35.5. The van der Waals surface area contributed by atoms with Crippen LogP contribution in [0, 0.1) is 10.1 Å². The topological polar surface area (TPSA) is 106 Å². The minimum Gasteiger partial charge on any atom is -0.457 e. The Morgan fingerprint density at radius 2 is 1.82 bits per heavy atom. The minimum atomic E-state index is -0.737. The predicted octanol–water partition coefficient (Wildman–Crippen LogP) is 5.65. The van der Waals surface area contributed by atoms with Gasteiger partial charge in [0, 0.05) is 17.7 Å². The van der Waals surface area contributed by atoms with Gasteiger partial charge in [-0.15, -0.1) is 0 Å². The van der Waals surface area contributed by atoms with E-state index in [1.807, 2.05) is 0 Å². The normalized spacial score (nSPS) is 15.2. The highest BCUT2D eigenvalue weighted by molar-refractivity contribution is 7.80. The molecule has 166 valence electrons. The maximum absolute atomic E-state index is 13.1. The molecule has 2 heterocycles. The number of furan rings is 1. The van der Waals surface area contributed by atoms with Crippen molar-refractivity contribution in [2.24, 2.45) is 0 Å². The largest absolute Gasteiger partial charge is 0.457 e. The number of benzene rings is 2. The van der Waals surface area contributed by atoms with Crippen LogP contribution in [0.5, 0.6) is 0 Å². The molecule has 0 radical (unpaired) electrons. The second kappa shape index (κ2) is 8.95. The Morgan fingerprint density at radius 3 is 2.55 bits per heavy atom. The first-order valence-electron chi connectivity index (χ1n) is 9.07. The van der Waals surface area contributed by atoms with Crippen LogP contribution >= 0.6 is 47.0 Å². The van der Waals surface area contributed by atoms with Gasteiger partial charge in [0.2, 0.25) is 0 Å². The van der Waals surface area contributed by atoms with Crippen LogP contribution in [-0.4, -0.2) is 21.9 Å². The first-order valence-corrected chi connectivity index (χ1v) is 10.6. The van der Waals surface area contributed by atoms with E-state index < -0.39 is 16.7 Å². The fourth-order valence-corrected chi connectivity index (χ4v) is 3.94. The van der Waals surface area contributed by atoms with Gasteiger partial charge in [-0.3, -0.25) is 29.9 Å². The summed E-state index contributed by atoms with van der Waals surface area (Å²) in [5, 5.41) is 13.9. The predicted molar refractivity (Wildman–Crippen MR) is 128 cm³/mol. The number of anilines is 1. The second-order valence-corrected chi connectivity index (χ2v) is 8.23. The molecule has 1 N–H and O–H groups in total. The number of non-ortho nitro benzene ring substituents is 1. The lowest BCUT2D eigenvalue weighted by atomic mass is 10.1. The van der Waals surface area contributed by atoms with Crippen molar-refractivity contribution in [2.45, 2.75) is 0 Å². The Kier molecular flexibility index (Phi) is 6.22. The van der Waals surface area contributed by atoms with Crippen molar-refractivity contribution in [3.8, 4) is 11.3 Å². The Balaban J connectivity index is 1.72. The number of nitrogens with zero attached hydrogens (tertiary/aromatic N) is 2. The lowest BCUT2D eigenvalue weighted by Gasteiger charge is -2.29. The lowest BCUT2D eigenvalue weighted by molar-refractivity contribution is -0.384. The van der Waals surface area contributed by atoms with Crippen molar-refractivity contribution in [2.75, 3.05) is 4.90 Å². The van der Waals surface area contributed by atoms with Crippen molar-refractivity contribution in [1.82, 2.24) is 5.32 Å². The highest BCUT2D eigenvalue weighted by Crippen LogP contribution is 2.35. The van der Waals surface area contributed by atoms with Gasteiger partial charge < -0.3 is 4.42 Å². The summed E-state index contributed by atoms with van der Waals surface area (Å²) in [5.74, 6) is -1.12. The van der Waals surface area contributed by atoms with Crippen molar-refractivity contribution >= 4 is 81.4 Å². The van der Waals surface area contributed by atoms with Crippen molar-refractivity contribution < 1.29 is 18.9 Å². The maximum Gasteiger partial charge on any atom is 0.270 e. The number of rotatable bonds is 4. The zero-order valence-electron chi connectivity index (χ0n) is 16.2. The number of nitrogens with one attached hydrogen (secondary N) is 1. The van der Waals surface area contributed by atoms with Crippen molar-refractivity contribution in [3.63, 3.8) is 0 Å². The summed E-state index contributed by atoms with van der Waals surface area (Å²) in [4.78, 5) is 37.2. The molecule has 2 amide bonds. The Bertz CT molecular complexity index is 1390. The van der Waals surface area contributed by atoms with E-state index in [1.54, 1.807) is 12.1 Å². The molecule has 4 rings (SSSR count). The molecule has 0 aliphatic carbocycles. The van der Waals surface area contributed by atoms with E-state index in [4.69, 9.17) is 51.4 Å². The van der Waals surface area contributed by atoms with Gasteiger partial charge in [0.15, 0.2) is 5.11 Å². The monoisotopic (exact) mass is 521 g/mol. The number of hydrogen-bond acceptors (Lipinski definition) is 6. The fraction of sp³-hybridized carbons (Fsp3) is 0. The standard InChI is InChI=1S/C21H10Cl3N3O5S/c22-14-6-4-10(27(30)31)8-12(14)17-7-5-11(32-17)9-13-19(28)25-21(33)26(20(13)29)16-3-1-2-15(23)18(16)24/h1-9H,(H,25,28,33)/b13-9+. The van der Waals surface area contributed by atoms with Gasteiger partial charge >= 0.3 is 0 Å². The van der Waals surface area contributed by atoms with Crippen molar-refractivity contribution in [3.05, 3.63) is 85.0 Å². The molecule has 2 aromatic carbocycles. The van der Waals surface area contributed by atoms with Crippen LogP contribution in [0.25, 0.3) is 17.4 Å². The summed E-state index contributed by atoms with van der Waals surface area (Å²) in [5.41, 5.74) is 0.0396. The molecule has 12 heteroatoms. The third-order valence-corrected chi connectivity index (χ3v) is 6.04. The number of thiocarbonyl (C=S) groups is 1. The zero-order chi connectivity index (χ0) is 23.9. The number of amides is 2. The Morgan fingerprint density at radius 1 is 1.06 bits per heavy atom. The van der Waals surface area contributed by atoms with E-state index in [-0.39, 0.29) is 54.2 Å². The van der Waals surface area contributed by atoms with Crippen LogP contribution in [0.1, 0.15) is 5.76 Å². The van der Waals surface area contributed by atoms with Crippen LogP contribution in [-0.2, 0) is 9.59 Å². The summed E-state index contributed by atoms with van der Waals surface area (Å²) >= 11 is 23.6. The van der Waals surface area contributed by atoms with Gasteiger partial charge in [0.1, 0.15) is 17.1 Å². The zero-order valence-corrected chi connectivity index (χ0v) is 19.3. The van der Waals surface area contributed by atoms with Crippen LogP contribution < -0.4 is 10.2 Å².